The minimum Gasteiger partial charge on any atom is -0.397 e. The average molecular weight is 300 g/mol. The first-order chi connectivity index (χ1) is 9.60. The number of carbonyl (C=O) groups excluding carboxylic acids is 1. The van der Waals surface area contributed by atoms with Gasteiger partial charge in [-0.1, -0.05) is 11.6 Å². The predicted octanol–water partition coefficient (Wildman–Crippen LogP) is 0.554. The number of amides is 1. The van der Waals surface area contributed by atoms with Crippen LogP contribution in [0.25, 0.3) is 0 Å². The fraction of sp³-hybridized carbons (Fsp3) is 0.462. The third-order valence-electron chi connectivity index (χ3n) is 3.19. The number of nitrogens with two attached hydrogens (primary N) is 1. The van der Waals surface area contributed by atoms with Crippen molar-refractivity contribution in [2.24, 2.45) is 0 Å². The highest BCUT2D eigenvalue weighted by molar-refractivity contribution is 6.33. The van der Waals surface area contributed by atoms with E-state index in [2.05, 4.69) is 5.32 Å². The van der Waals surface area contributed by atoms with Crippen LogP contribution in [0.3, 0.4) is 0 Å². The highest BCUT2D eigenvalue weighted by atomic mass is 35.5. The van der Waals surface area contributed by atoms with E-state index in [9.17, 15) is 9.90 Å². The fourth-order valence-electron chi connectivity index (χ4n) is 2.07. The molecule has 0 aliphatic carbocycles. The number of nitrogen functional groups attached to an aromatic ring is 1. The maximum Gasteiger partial charge on any atom is 0.238 e. The lowest BCUT2D eigenvalue weighted by atomic mass is 10.2. The molecule has 1 heterocycles. The lowest BCUT2D eigenvalue weighted by Gasteiger charge is -2.33. The molecule has 0 bridgehead atoms. The van der Waals surface area contributed by atoms with Crippen molar-refractivity contribution in [3.63, 3.8) is 0 Å². The number of anilines is 2. The van der Waals surface area contributed by atoms with Gasteiger partial charge in [0.2, 0.25) is 5.91 Å². The third kappa shape index (κ3) is 3.83. The molecule has 1 aromatic rings. The molecule has 0 saturated carbocycles. The molecule has 1 fully saturated rings. The number of aliphatic hydroxyl groups excluding tert-OH is 1. The van der Waals surface area contributed by atoms with Gasteiger partial charge in [-0.25, -0.2) is 0 Å². The monoisotopic (exact) mass is 299 g/mol. The summed E-state index contributed by atoms with van der Waals surface area (Å²) < 4.78 is 5.27. The van der Waals surface area contributed by atoms with Gasteiger partial charge in [0.25, 0.3) is 0 Å². The molecule has 4 N–H and O–H groups in total. The van der Waals surface area contributed by atoms with E-state index in [1.54, 1.807) is 18.2 Å². The van der Waals surface area contributed by atoms with E-state index < -0.39 is 0 Å². The van der Waals surface area contributed by atoms with E-state index in [4.69, 9.17) is 22.1 Å². The van der Waals surface area contributed by atoms with Gasteiger partial charge in [0.05, 0.1) is 43.1 Å². The smallest absolute Gasteiger partial charge is 0.238 e. The molecule has 1 amide bonds. The number of ether oxygens (including phenoxy) is 1. The molecule has 0 spiro atoms. The topological polar surface area (TPSA) is 87.8 Å². The van der Waals surface area contributed by atoms with Crippen LogP contribution in [-0.2, 0) is 9.53 Å². The molecule has 1 aromatic carbocycles. The summed E-state index contributed by atoms with van der Waals surface area (Å²) in [7, 11) is 0. The maximum absolute atomic E-state index is 12.0. The molecule has 2 rings (SSSR count). The van der Waals surface area contributed by atoms with Gasteiger partial charge in [-0.3, -0.25) is 9.69 Å². The molecule has 1 aliphatic heterocycles. The number of hydrogen-bond donors (Lipinski definition) is 3. The number of nitrogens with one attached hydrogen (secondary N) is 1. The molecule has 0 aromatic heterocycles. The third-order valence-corrected chi connectivity index (χ3v) is 3.53. The summed E-state index contributed by atoms with van der Waals surface area (Å²) in [6.45, 7) is 1.81. The van der Waals surface area contributed by atoms with Gasteiger partial charge >= 0.3 is 0 Å². The molecule has 6 nitrogen and oxygen atoms in total. The average Bonchev–Trinajstić information content (AvgIpc) is 2.43. The van der Waals surface area contributed by atoms with Crippen molar-refractivity contribution in [2.45, 2.75) is 6.04 Å². The van der Waals surface area contributed by atoms with Crippen LogP contribution in [0.1, 0.15) is 0 Å². The number of nitrogens with zero attached hydrogens (tertiary/aromatic N) is 1. The summed E-state index contributed by atoms with van der Waals surface area (Å²) in [4.78, 5) is 13.9. The lowest BCUT2D eigenvalue weighted by molar-refractivity contribution is -0.120. The second-order valence-electron chi connectivity index (χ2n) is 4.67. The van der Waals surface area contributed by atoms with Gasteiger partial charge in [0.1, 0.15) is 0 Å². The number of morpholine rings is 1. The number of hydrogen-bond acceptors (Lipinski definition) is 5. The van der Waals surface area contributed by atoms with E-state index in [-0.39, 0.29) is 25.1 Å². The molecular weight excluding hydrogens is 282 g/mol. The van der Waals surface area contributed by atoms with Gasteiger partial charge in [-0.2, -0.15) is 0 Å². The van der Waals surface area contributed by atoms with Gasteiger partial charge < -0.3 is 20.9 Å². The van der Waals surface area contributed by atoms with E-state index in [1.165, 1.54) is 0 Å². The largest absolute Gasteiger partial charge is 0.397 e. The Hall–Kier alpha value is -1.34. The van der Waals surface area contributed by atoms with Crippen LogP contribution < -0.4 is 11.1 Å². The first-order valence-corrected chi connectivity index (χ1v) is 6.75. The van der Waals surface area contributed by atoms with E-state index >= 15 is 0 Å². The van der Waals surface area contributed by atoms with Crippen LogP contribution in [0, 0.1) is 0 Å². The van der Waals surface area contributed by atoms with Crippen molar-refractivity contribution in [1.82, 2.24) is 4.90 Å². The molecule has 20 heavy (non-hydrogen) atoms. The molecule has 7 heteroatoms. The van der Waals surface area contributed by atoms with Crippen LogP contribution in [0.2, 0.25) is 5.02 Å². The van der Waals surface area contributed by atoms with Gasteiger partial charge in [-0.15, -0.1) is 0 Å². The van der Waals surface area contributed by atoms with Crippen molar-refractivity contribution in [2.75, 3.05) is 44.0 Å². The first kappa shape index (κ1) is 15.1. The number of aliphatic hydroxyl groups is 1. The predicted molar refractivity (Wildman–Crippen MR) is 77.8 cm³/mol. The summed E-state index contributed by atoms with van der Waals surface area (Å²) >= 11 is 5.82. The van der Waals surface area contributed by atoms with Crippen molar-refractivity contribution in [1.29, 1.82) is 0 Å². The highest BCUT2D eigenvalue weighted by Crippen LogP contribution is 2.22. The molecule has 1 saturated heterocycles. The standard InChI is InChI=1S/C13H18ClN3O3/c14-11-2-1-9(5-12(11)15)16-13(19)6-17-3-4-20-8-10(17)7-18/h1-2,5,10,18H,3-4,6-8,15H2,(H,16,19). The minimum absolute atomic E-state index is 0.0266. The van der Waals surface area contributed by atoms with Crippen LogP contribution >= 0.6 is 11.6 Å². The SMILES string of the molecule is Nc1cc(NC(=O)CN2CCOCC2CO)ccc1Cl. The van der Waals surface area contributed by atoms with Crippen LogP contribution in [0.15, 0.2) is 18.2 Å². The van der Waals surface area contributed by atoms with E-state index in [0.717, 1.165) is 0 Å². The first-order valence-electron chi connectivity index (χ1n) is 6.37. The Kier molecular flexibility index (Phi) is 5.19. The Morgan fingerprint density at radius 2 is 2.40 bits per heavy atom. The number of benzene rings is 1. The molecule has 1 atom stereocenters. The minimum atomic E-state index is -0.160. The molecule has 0 radical (unpaired) electrons. The van der Waals surface area contributed by atoms with Gasteiger partial charge in [-0.05, 0) is 18.2 Å². The molecule has 110 valence electrons. The lowest BCUT2D eigenvalue weighted by Crippen LogP contribution is -2.50. The van der Waals surface area contributed by atoms with E-state index in [1.807, 2.05) is 4.90 Å². The Morgan fingerprint density at radius 3 is 3.10 bits per heavy atom. The molecular formula is C13H18ClN3O3. The summed E-state index contributed by atoms with van der Waals surface area (Å²) in [5, 5.41) is 12.5. The number of rotatable bonds is 4. The second kappa shape index (κ2) is 6.90. The van der Waals surface area contributed by atoms with Crippen molar-refractivity contribution < 1.29 is 14.6 Å². The van der Waals surface area contributed by atoms with Crippen molar-refractivity contribution in [3.8, 4) is 0 Å². The Balaban J connectivity index is 1.92. The Bertz CT molecular complexity index is 484. The van der Waals surface area contributed by atoms with Crippen LogP contribution in [-0.4, -0.2) is 54.9 Å². The van der Waals surface area contributed by atoms with Crippen molar-refractivity contribution >= 4 is 28.9 Å². The maximum atomic E-state index is 12.0. The molecule has 1 aliphatic rings. The second-order valence-corrected chi connectivity index (χ2v) is 5.07. The number of halogens is 1. The zero-order valence-electron chi connectivity index (χ0n) is 11.0. The Morgan fingerprint density at radius 1 is 1.60 bits per heavy atom. The molecule has 1 unspecified atom stereocenters. The quantitative estimate of drug-likeness (QED) is 0.707. The van der Waals surface area contributed by atoms with Crippen LogP contribution in [0.4, 0.5) is 11.4 Å². The number of carbonyl (C=O) groups is 1. The summed E-state index contributed by atoms with van der Waals surface area (Å²) in [6, 6.07) is 4.81. The highest BCUT2D eigenvalue weighted by Gasteiger charge is 2.24. The summed E-state index contributed by atoms with van der Waals surface area (Å²) in [5.41, 5.74) is 6.70. The Labute approximate surface area is 122 Å². The summed E-state index contributed by atoms with van der Waals surface area (Å²) in [6.07, 6.45) is 0. The van der Waals surface area contributed by atoms with Gasteiger partial charge in [0.15, 0.2) is 0 Å². The summed E-state index contributed by atoms with van der Waals surface area (Å²) in [5.74, 6) is -0.160. The van der Waals surface area contributed by atoms with Crippen molar-refractivity contribution in [3.05, 3.63) is 23.2 Å². The van der Waals surface area contributed by atoms with E-state index in [0.29, 0.717) is 36.2 Å². The zero-order valence-corrected chi connectivity index (χ0v) is 11.8. The van der Waals surface area contributed by atoms with Crippen LogP contribution in [0.5, 0.6) is 0 Å². The normalized spacial score (nSPS) is 19.8. The van der Waals surface area contributed by atoms with Gasteiger partial charge in [0, 0.05) is 12.2 Å². The fourth-order valence-corrected chi connectivity index (χ4v) is 2.19. The zero-order chi connectivity index (χ0) is 14.5.